The fraction of sp³-hybridized carbons (Fsp3) is 0.160. The van der Waals surface area contributed by atoms with E-state index in [9.17, 15) is 4.79 Å². The lowest BCUT2D eigenvalue weighted by atomic mass is 10.1. The lowest BCUT2D eigenvalue weighted by molar-refractivity contribution is 0.102. The van der Waals surface area contributed by atoms with Gasteiger partial charge >= 0.3 is 0 Å². The standard InChI is InChI=1S/C25H22N4O3S/c1-16-23(20-10-3-4-11-21(20)26-16)22(30)15-33-25-28-27-24(17-7-5-8-18(13-17)31-2)29(25)14-19-9-6-12-32-19/h3-13,26H,14-15H2,1-2H3. The maximum absolute atomic E-state index is 13.2. The van der Waals surface area contributed by atoms with Gasteiger partial charge in [0.15, 0.2) is 16.8 Å². The zero-order valence-corrected chi connectivity index (χ0v) is 19.1. The number of ketones is 1. The monoisotopic (exact) mass is 458 g/mol. The molecular formula is C25H22N4O3S. The molecule has 0 radical (unpaired) electrons. The average Bonchev–Trinajstić information content (AvgIpc) is 3.56. The maximum atomic E-state index is 13.2. The molecule has 8 heteroatoms. The summed E-state index contributed by atoms with van der Waals surface area (Å²) in [6.07, 6.45) is 1.64. The summed E-state index contributed by atoms with van der Waals surface area (Å²) < 4.78 is 12.9. The van der Waals surface area contributed by atoms with Gasteiger partial charge in [-0.1, -0.05) is 42.1 Å². The molecule has 0 amide bonds. The van der Waals surface area contributed by atoms with E-state index in [-0.39, 0.29) is 11.5 Å². The number of methoxy groups -OCH3 is 1. The largest absolute Gasteiger partial charge is 0.497 e. The summed E-state index contributed by atoms with van der Waals surface area (Å²) >= 11 is 1.37. The van der Waals surface area contributed by atoms with E-state index in [1.807, 2.05) is 72.2 Å². The van der Waals surface area contributed by atoms with E-state index < -0.39 is 0 Å². The lowest BCUT2D eigenvalue weighted by Gasteiger charge is -2.09. The number of thioether (sulfide) groups is 1. The van der Waals surface area contributed by atoms with E-state index >= 15 is 0 Å². The van der Waals surface area contributed by atoms with E-state index in [4.69, 9.17) is 9.15 Å². The third-order valence-corrected chi connectivity index (χ3v) is 6.41. The Morgan fingerprint density at radius 3 is 2.82 bits per heavy atom. The minimum absolute atomic E-state index is 0.0467. The first-order chi connectivity index (χ1) is 16.1. The number of carbonyl (C=O) groups is 1. The van der Waals surface area contributed by atoms with Crippen LogP contribution >= 0.6 is 11.8 Å². The van der Waals surface area contributed by atoms with E-state index in [2.05, 4.69) is 15.2 Å². The van der Waals surface area contributed by atoms with Crippen molar-refractivity contribution >= 4 is 28.4 Å². The molecule has 33 heavy (non-hydrogen) atoms. The van der Waals surface area contributed by atoms with Crippen LogP contribution in [-0.4, -0.2) is 38.4 Å². The number of H-pyrrole nitrogens is 1. The Morgan fingerprint density at radius 1 is 1.12 bits per heavy atom. The fourth-order valence-corrected chi connectivity index (χ4v) is 4.72. The average molecular weight is 459 g/mol. The van der Waals surface area contributed by atoms with Crippen molar-refractivity contribution in [2.75, 3.05) is 12.9 Å². The normalized spacial score (nSPS) is 11.2. The van der Waals surface area contributed by atoms with Gasteiger partial charge in [-0.3, -0.25) is 9.36 Å². The van der Waals surface area contributed by atoms with Crippen molar-refractivity contribution in [1.29, 1.82) is 0 Å². The molecule has 3 aromatic heterocycles. The van der Waals surface area contributed by atoms with Gasteiger partial charge < -0.3 is 14.1 Å². The van der Waals surface area contributed by atoms with Crippen molar-refractivity contribution in [3.8, 4) is 17.1 Å². The third kappa shape index (κ3) is 4.17. The van der Waals surface area contributed by atoms with Gasteiger partial charge in [-0.2, -0.15) is 0 Å². The van der Waals surface area contributed by atoms with Gasteiger partial charge in [0.2, 0.25) is 0 Å². The van der Waals surface area contributed by atoms with E-state index in [0.717, 1.165) is 39.2 Å². The second kappa shape index (κ2) is 8.99. The van der Waals surface area contributed by atoms with Gasteiger partial charge in [-0.25, -0.2) is 0 Å². The second-order valence-electron chi connectivity index (χ2n) is 7.59. The molecule has 7 nitrogen and oxygen atoms in total. The summed E-state index contributed by atoms with van der Waals surface area (Å²) in [7, 11) is 1.63. The number of furan rings is 1. The number of nitrogens with one attached hydrogen (secondary N) is 1. The number of nitrogens with zero attached hydrogens (tertiary/aromatic N) is 3. The highest BCUT2D eigenvalue weighted by atomic mass is 32.2. The number of aromatic amines is 1. The molecule has 0 spiro atoms. The number of aromatic nitrogens is 4. The molecule has 5 rings (SSSR count). The number of hydrogen-bond donors (Lipinski definition) is 1. The van der Waals surface area contributed by atoms with Crippen LogP contribution in [-0.2, 0) is 6.54 Å². The van der Waals surface area contributed by atoms with Gasteiger partial charge in [-0.05, 0) is 37.3 Å². The van der Waals surface area contributed by atoms with Crippen LogP contribution in [0.15, 0.2) is 76.5 Å². The third-order valence-electron chi connectivity index (χ3n) is 5.44. The molecule has 0 saturated heterocycles. The molecule has 0 aliphatic rings. The number of rotatable bonds is 8. The molecule has 0 unspecified atom stereocenters. The summed E-state index contributed by atoms with van der Waals surface area (Å²) in [6.45, 7) is 2.38. The quantitative estimate of drug-likeness (QED) is 0.249. The maximum Gasteiger partial charge on any atom is 0.192 e. The predicted molar refractivity (Wildman–Crippen MR) is 128 cm³/mol. The van der Waals surface area contributed by atoms with Gasteiger partial charge in [0.1, 0.15) is 11.5 Å². The Hall–Kier alpha value is -3.78. The molecule has 0 aliphatic carbocycles. The number of ether oxygens (including phenoxy) is 1. The van der Waals surface area contributed by atoms with Crippen LogP contribution in [0, 0.1) is 6.92 Å². The number of carbonyl (C=O) groups excluding carboxylic acids is 1. The van der Waals surface area contributed by atoms with Crippen molar-refractivity contribution in [3.63, 3.8) is 0 Å². The van der Waals surface area contributed by atoms with Crippen LogP contribution in [0.3, 0.4) is 0 Å². The number of fused-ring (bicyclic) bond motifs is 1. The van der Waals surface area contributed by atoms with Crippen LogP contribution in [0.25, 0.3) is 22.3 Å². The first-order valence-corrected chi connectivity index (χ1v) is 11.5. The van der Waals surface area contributed by atoms with E-state index in [0.29, 0.717) is 17.5 Å². The number of hydrogen-bond acceptors (Lipinski definition) is 6. The smallest absolute Gasteiger partial charge is 0.192 e. The highest BCUT2D eigenvalue weighted by Crippen LogP contribution is 2.29. The van der Waals surface area contributed by atoms with Crippen LogP contribution in [0.4, 0.5) is 0 Å². The highest BCUT2D eigenvalue weighted by molar-refractivity contribution is 7.99. The molecule has 0 aliphatic heterocycles. The number of Topliss-reactive ketones (excluding diaryl/α,β-unsaturated/α-hetero) is 1. The first kappa shape index (κ1) is 21.1. The molecule has 3 heterocycles. The van der Waals surface area contributed by atoms with Crippen LogP contribution in [0.2, 0.25) is 0 Å². The minimum Gasteiger partial charge on any atom is -0.497 e. The SMILES string of the molecule is COc1cccc(-c2nnc(SCC(=O)c3c(C)[nH]c4ccccc34)n2Cc2ccco2)c1. The van der Waals surface area contributed by atoms with Crippen LogP contribution in [0.5, 0.6) is 5.75 Å². The predicted octanol–water partition coefficient (Wildman–Crippen LogP) is 5.36. The number of para-hydroxylation sites is 1. The minimum atomic E-state index is 0.0467. The fourth-order valence-electron chi connectivity index (χ4n) is 3.91. The van der Waals surface area contributed by atoms with Crippen molar-refractivity contribution in [2.45, 2.75) is 18.6 Å². The Labute approximate surface area is 194 Å². The summed E-state index contributed by atoms with van der Waals surface area (Å²) in [5, 5.41) is 10.4. The van der Waals surface area contributed by atoms with E-state index in [1.54, 1.807) is 13.4 Å². The van der Waals surface area contributed by atoms with Crippen molar-refractivity contribution in [1.82, 2.24) is 19.7 Å². The van der Waals surface area contributed by atoms with Gasteiger partial charge in [0, 0.05) is 27.7 Å². The molecule has 1 N–H and O–H groups in total. The summed E-state index contributed by atoms with van der Waals surface area (Å²) in [4.78, 5) is 16.5. The summed E-state index contributed by atoms with van der Waals surface area (Å²) in [5.41, 5.74) is 3.43. The van der Waals surface area contributed by atoms with Crippen molar-refractivity contribution in [2.24, 2.45) is 0 Å². The molecule has 0 atom stereocenters. The topological polar surface area (TPSA) is 85.9 Å². The van der Waals surface area contributed by atoms with Gasteiger partial charge in [-0.15, -0.1) is 10.2 Å². The zero-order valence-electron chi connectivity index (χ0n) is 18.2. The zero-order chi connectivity index (χ0) is 22.8. The lowest BCUT2D eigenvalue weighted by Crippen LogP contribution is -2.07. The summed E-state index contributed by atoms with van der Waals surface area (Å²) in [5.74, 6) is 2.49. The molecule has 166 valence electrons. The van der Waals surface area contributed by atoms with E-state index in [1.165, 1.54) is 11.8 Å². The Bertz CT molecular complexity index is 1420. The molecule has 0 bridgehead atoms. The molecule has 0 fully saturated rings. The van der Waals surface area contributed by atoms with Crippen LogP contribution < -0.4 is 4.74 Å². The Morgan fingerprint density at radius 2 is 2.00 bits per heavy atom. The van der Waals surface area contributed by atoms with Crippen molar-refractivity contribution in [3.05, 3.63) is 83.9 Å². The molecule has 5 aromatic rings. The highest BCUT2D eigenvalue weighted by Gasteiger charge is 2.20. The second-order valence-corrected chi connectivity index (χ2v) is 8.53. The number of benzene rings is 2. The van der Waals surface area contributed by atoms with Crippen molar-refractivity contribution < 1.29 is 13.9 Å². The van der Waals surface area contributed by atoms with Crippen LogP contribution in [0.1, 0.15) is 21.8 Å². The first-order valence-electron chi connectivity index (χ1n) is 10.5. The Kier molecular flexibility index (Phi) is 5.75. The molecule has 2 aromatic carbocycles. The van der Waals surface area contributed by atoms with Gasteiger partial charge in [0.25, 0.3) is 0 Å². The Balaban J connectivity index is 1.45. The number of aryl methyl sites for hydroxylation is 1. The summed E-state index contributed by atoms with van der Waals surface area (Å²) in [6, 6.07) is 19.3. The van der Waals surface area contributed by atoms with Gasteiger partial charge in [0.05, 0.1) is 25.7 Å². The molecule has 0 saturated carbocycles. The molecular weight excluding hydrogens is 436 g/mol.